The minimum Gasteiger partial charge on any atom is -0.462 e. The van der Waals surface area contributed by atoms with E-state index >= 15 is 0 Å². The molecule has 0 saturated heterocycles. The number of rotatable bonds is 5. The van der Waals surface area contributed by atoms with E-state index in [1.807, 2.05) is 6.07 Å². The van der Waals surface area contributed by atoms with Crippen molar-refractivity contribution in [1.82, 2.24) is 0 Å². The molecular formula is C17H16ClNO4S2. The van der Waals surface area contributed by atoms with Crippen molar-refractivity contribution in [2.75, 3.05) is 6.61 Å². The Bertz CT molecular complexity index is 938. The molecule has 0 N–H and O–H groups in total. The number of nitriles is 1. The van der Waals surface area contributed by atoms with Gasteiger partial charge in [-0.15, -0.1) is 11.3 Å². The van der Waals surface area contributed by atoms with Crippen LogP contribution >= 0.6 is 22.9 Å². The van der Waals surface area contributed by atoms with E-state index in [1.165, 1.54) is 13.8 Å². The van der Waals surface area contributed by atoms with Crippen LogP contribution in [0.25, 0.3) is 11.1 Å². The Kier molecular flexibility index (Phi) is 5.88. The molecule has 0 atom stereocenters. The molecule has 5 nitrogen and oxygen atoms in total. The minimum absolute atomic E-state index is 0.0379. The first kappa shape index (κ1) is 19.4. The highest BCUT2D eigenvalue weighted by Gasteiger charge is 2.32. The number of halogens is 1. The number of ether oxygens (including phenoxy) is 1. The predicted octanol–water partition coefficient (Wildman–Crippen LogP) is 4.30. The van der Waals surface area contributed by atoms with E-state index in [2.05, 4.69) is 0 Å². The summed E-state index contributed by atoms with van der Waals surface area (Å²) < 4.78 is 30.2. The number of thiophene rings is 1. The maximum atomic E-state index is 12.6. The van der Waals surface area contributed by atoms with E-state index in [0.717, 1.165) is 11.3 Å². The third-order valence-corrected chi connectivity index (χ3v) is 7.59. The monoisotopic (exact) mass is 397 g/mol. The fourth-order valence-electron chi connectivity index (χ4n) is 2.16. The first-order chi connectivity index (χ1) is 11.7. The van der Waals surface area contributed by atoms with Crippen LogP contribution in [0, 0.1) is 11.3 Å². The smallest absolute Gasteiger partial charge is 0.349 e. The normalized spacial score (nSPS) is 11.4. The lowest BCUT2D eigenvalue weighted by Crippen LogP contribution is -2.13. The second-order valence-electron chi connectivity index (χ2n) is 5.40. The maximum Gasteiger partial charge on any atom is 0.349 e. The van der Waals surface area contributed by atoms with Gasteiger partial charge in [-0.05, 0) is 38.5 Å². The van der Waals surface area contributed by atoms with Crippen molar-refractivity contribution < 1.29 is 17.9 Å². The van der Waals surface area contributed by atoms with Crippen molar-refractivity contribution in [3.05, 3.63) is 39.7 Å². The summed E-state index contributed by atoms with van der Waals surface area (Å²) in [4.78, 5) is 12.4. The molecule has 8 heteroatoms. The molecule has 0 saturated carbocycles. The summed E-state index contributed by atoms with van der Waals surface area (Å²) >= 11 is 6.67. The lowest BCUT2D eigenvalue weighted by Gasteiger charge is -2.06. The maximum absolute atomic E-state index is 12.6. The highest BCUT2D eigenvalue weighted by Crippen LogP contribution is 2.41. The predicted molar refractivity (Wildman–Crippen MR) is 97.8 cm³/mol. The van der Waals surface area contributed by atoms with Crippen molar-refractivity contribution >= 4 is 38.7 Å². The molecule has 1 heterocycles. The standard InChI is InChI=1S/C17H16ClNO4S2/c1-4-23-16(20)15-14(11-5-7-12(18)8-6-11)13(9-19)17(24-15)25(21,22)10(2)3/h5-8,10H,4H2,1-3H3. The fraction of sp³-hybridized carbons (Fsp3) is 0.294. The summed E-state index contributed by atoms with van der Waals surface area (Å²) in [5.74, 6) is -0.654. The van der Waals surface area contributed by atoms with Crippen LogP contribution in [-0.2, 0) is 14.6 Å². The van der Waals surface area contributed by atoms with Gasteiger partial charge in [0.15, 0.2) is 9.84 Å². The van der Waals surface area contributed by atoms with Gasteiger partial charge in [-0.2, -0.15) is 5.26 Å². The SMILES string of the molecule is CCOC(=O)c1sc(S(=O)(=O)C(C)C)c(C#N)c1-c1ccc(Cl)cc1. The van der Waals surface area contributed by atoms with E-state index in [4.69, 9.17) is 16.3 Å². The molecule has 1 aromatic heterocycles. The van der Waals surface area contributed by atoms with Gasteiger partial charge in [-0.1, -0.05) is 23.7 Å². The van der Waals surface area contributed by atoms with Crippen molar-refractivity contribution in [3.8, 4) is 17.2 Å². The van der Waals surface area contributed by atoms with Crippen LogP contribution in [0.15, 0.2) is 28.5 Å². The van der Waals surface area contributed by atoms with Crippen LogP contribution < -0.4 is 0 Å². The zero-order valence-corrected chi connectivity index (χ0v) is 16.3. The molecular weight excluding hydrogens is 382 g/mol. The Balaban J connectivity index is 2.83. The average molecular weight is 398 g/mol. The topological polar surface area (TPSA) is 84.2 Å². The molecule has 132 valence electrons. The number of carbonyl (C=O) groups is 1. The van der Waals surface area contributed by atoms with Crippen molar-refractivity contribution in [2.24, 2.45) is 0 Å². The third-order valence-electron chi connectivity index (χ3n) is 3.46. The molecule has 0 amide bonds. The van der Waals surface area contributed by atoms with Gasteiger partial charge in [0.25, 0.3) is 0 Å². The Labute approximate surface area is 155 Å². The van der Waals surface area contributed by atoms with Gasteiger partial charge in [-0.3, -0.25) is 0 Å². The Hall–Kier alpha value is -1.88. The minimum atomic E-state index is -3.72. The Morgan fingerprint density at radius 1 is 1.32 bits per heavy atom. The molecule has 0 bridgehead atoms. The summed E-state index contributed by atoms with van der Waals surface area (Å²) in [5.41, 5.74) is 0.761. The van der Waals surface area contributed by atoms with E-state index in [0.29, 0.717) is 10.6 Å². The van der Waals surface area contributed by atoms with Gasteiger partial charge in [0.2, 0.25) is 0 Å². The largest absolute Gasteiger partial charge is 0.462 e. The first-order valence-corrected chi connectivity index (χ1v) is 10.2. The number of nitrogens with zero attached hydrogens (tertiary/aromatic N) is 1. The van der Waals surface area contributed by atoms with Gasteiger partial charge in [0.1, 0.15) is 15.2 Å². The molecule has 0 aliphatic rings. The van der Waals surface area contributed by atoms with Crippen LogP contribution in [-0.4, -0.2) is 26.2 Å². The fourth-order valence-corrected chi connectivity index (χ4v) is 5.34. The second kappa shape index (κ2) is 7.56. The van der Waals surface area contributed by atoms with Crippen LogP contribution in [0.5, 0.6) is 0 Å². The van der Waals surface area contributed by atoms with Crippen LogP contribution in [0.3, 0.4) is 0 Å². The summed E-state index contributed by atoms with van der Waals surface area (Å²) in [6, 6.07) is 8.45. The van der Waals surface area contributed by atoms with Crippen LogP contribution in [0.1, 0.15) is 36.0 Å². The molecule has 2 rings (SSSR count). The number of hydrogen-bond donors (Lipinski definition) is 0. The van der Waals surface area contributed by atoms with Gasteiger partial charge in [0.05, 0.1) is 17.4 Å². The average Bonchev–Trinajstić information content (AvgIpc) is 2.96. The first-order valence-electron chi connectivity index (χ1n) is 7.47. The lowest BCUT2D eigenvalue weighted by atomic mass is 10.0. The summed E-state index contributed by atoms with van der Waals surface area (Å²) in [6.45, 7) is 4.86. The van der Waals surface area contributed by atoms with E-state index in [9.17, 15) is 18.5 Å². The Morgan fingerprint density at radius 2 is 1.92 bits per heavy atom. The molecule has 2 aromatic rings. The number of sulfone groups is 1. The second-order valence-corrected chi connectivity index (χ2v) is 9.56. The van der Waals surface area contributed by atoms with E-state index in [-0.39, 0.29) is 26.8 Å². The Morgan fingerprint density at radius 3 is 2.40 bits per heavy atom. The van der Waals surface area contributed by atoms with Crippen molar-refractivity contribution in [1.29, 1.82) is 5.26 Å². The van der Waals surface area contributed by atoms with Gasteiger partial charge < -0.3 is 4.74 Å². The molecule has 0 radical (unpaired) electrons. The molecule has 0 aliphatic carbocycles. The molecule has 0 unspecified atom stereocenters. The summed E-state index contributed by atoms with van der Waals surface area (Å²) in [5, 5.41) is 9.37. The highest BCUT2D eigenvalue weighted by molar-refractivity contribution is 7.94. The number of hydrogen-bond acceptors (Lipinski definition) is 6. The number of esters is 1. The molecule has 0 spiro atoms. The summed E-state index contributed by atoms with van der Waals surface area (Å²) in [7, 11) is -3.72. The zero-order chi connectivity index (χ0) is 18.8. The highest BCUT2D eigenvalue weighted by atomic mass is 35.5. The molecule has 25 heavy (non-hydrogen) atoms. The van der Waals surface area contributed by atoms with E-state index in [1.54, 1.807) is 31.2 Å². The van der Waals surface area contributed by atoms with Gasteiger partial charge >= 0.3 is 5.97 Å². The molecule has 1 aromatic carbocycles. The molecule has 0 aliphatic heterocycles. The van der Waals surface area contributed by atoms with Crippen molar-refractivity contribution in [3.63, 3.8) is 0 Å². The van der Waals surface area contributed by atoms with Crippen LogP contribution in [0.2, 0.25) is 5.02 Å². The number of benzene rings is 1. The van der Waals surface area contributed by atoms with Crippen molar-refractivity contribution in [2.45, 2.75) is 30.2 Å². The van der Waals surface area contributed by atoms with E-state index < -0.39 is 21.1 Å². The molecule has 0 fully saturated rings. The van der Waals surface area contributed by atoms with Gasteiger partial charge in [0, 0.05) is 10.6 Å². The third kappa shape index (κ3) is 3.71. The van der Waals surface area contributed by atoms with Crippen LogP contribution in [0.4, 0.5) is 0 Å². The zero-order valence-electron chi connectivity index (χ0n) is 13.9. The number of carbonyl (C=O) groups excluding carboxylic acids is 1. The summed E-state index contributed by atoms with van der Waals surface area (Å²) in [6.07, 6.45) is 0. The quantitative estimate of drug-likeness (QED) is 0.702. The van der Waals surface area contributed by atoms with Gasteiger partial charge in [-0.25, -0.2) is 13.2 Å². The lowest BCUT2D eigenvalue weighted by molar-refractivity contribution is 0.0533.